The van der Waals surface area contributed by atoms with Crippen LogP contribution in [0.25, 0.3) is 27.3 Å². The van der Waals surface area contributed by atoms with Crippen molar-refractivity contribution in [1.29, 1.82) is 0 Å². The molecule has 2 aliphatic rings. The Kier molecular flexibility index (Phi) is 7.19. The predicted molar refractivity (Wildman–Crippen MR) is 155 cm³/mol. The molecule has 1 atom stereocenters. The monoisotopic (exact) mass is 564 g/mol. The van der Waals surface area contributed by atoms with E-state index in [9.17, 15) is 9.90 Å². The molecular formula is C28H36N8O3S. The lowest BCUT2D eigenvalue weighted by Crippen LogP contribution is -2.61. The summed E-state index contributed by atoms with van der Waals surface area (Å²) in [5.41, 5.74) is 2.46. The Morgan fingerprint density at radius 1 is 1.10 bits per heavy atom. The highest BCUT2D eigenvalue weighted by Crippen LogP contribution is 2.33. The molecule has 11 nitrogen and oxygen atoms in total. The summed E-state index contributed by atoms with van der Waals surface area (Å²) in [4.78, 5) is 39.7. The molecule has 1 aromatic carbocycles. The molecule has 0 bridgehead atoms. The van der Waals surface area contributed by atoms with Crippen LogP contribution in [0.4, 0.5) is 5.82 Å². The number of thiazole rings is 1. The van der Waals surface area contributed by atoms with Crippen molar-refractivity contribution in [1.82, 2.24) is 34.3 Å². The van der Waals surface area contributed by atoms with Crippen molar-refractivity contribution in [3.8, 4) is 5.95 Å². The summed E-state index contributed by atoms with van der Waals surface area (Å²) in [7, 11) is 0. The Morgan fingerprint density at radius 2 is 1.88 bits per heavy atom. The van der Waals surface area contributed by atoms with Gasteiger partial charge in [0.1, 0.15) is 22.5 Å². The molecule has 2 aliphatic heterocycles. The number of rotatable bonds is 6. The first-order valence-electron chi connectivity index (χ1n) is 13.9. The molecule has 4 aromatic rings. The minimum absolute atomic E-state index is 0.218. The van der Waals surface area contributed by atoms with E-state index in [0.29, 0.717) is 45.3 Å². The Hall–Kier alpha value is -3.19. The number of morpholine rings is 1. The van der Waals surface area contributed by atoms with E-state index in [1.165, 1.54) is 6.92 Å². The molecule has 3 aromatic heterocycles. The fourth-order valence-corrected chi connectivity index (χ4v) is 6.58. The van der Waals surface area contributed by atoms with Crippen LogP contribution in [0.5, 0.6) is 0 Å². The SMILES string of the molecule is CCc1nc2ccccc2n1-c1nc(N2CCOCC2)c2nc(CN3CCN(C(=O)C(C)O)CC3(C)C)sc2n1. The number of para-hydroxylation sites is 2. The van der Waals surface area contributed by atoms with Gasteiger partial charge in [-0.1, -0.05) is 30.4 Å². The highest BCUT2D eigenvalue weighted by molar-refractivity contribution is 7.18. The summed E-state index contributed by atoms with van der Waals surface area (Å²) in [6, 6.07) is 8.10. The first kappa shape index (κ1) is 27.0. The molecule has 0 spiro atoms. The number of benzene rings is 1. The number of aryl methyl sites for hydroxylation is 1. The first-order chi connectivity index (χ1) is 19.2. The molecule has 12 heteroatoms. The highest BCUT2D eigenvalue weighted by Gasteiger charge is 2.37. The van der Waals surface area contributed by atoms with E-state index in [-0.39, 0.29) is 11.4 Å². The zero-order valence-electron chi connectivity index (χ0n) is 23.5. The second kappa shape index (κ2) is 10.7. The van der Waals surface area contributed by atoms with Gasteiger partial charge in [-0.05, 0) is 32.9 Å². The topological polar surface area (TPSA) is 113 Å². The Balaban J connectivity index is 1.38. The summed E-state index contributed by atoms with van der Waals surface area (Å²) in [5, 5.41) is 10.8. The van der Waals surface area contributed by atoms with Crippen molar-refractivity contribution in [3.63, 3.8) is 0 Å². The van der Waals surface area contributed by atoms with Gasteiger partial charge in [-0.25, -0.2) is 9.97 Å². The van der Waals surface area contributed by atoms with Crippen molar-refractivity contribution in [2.45, 2.75) is 52.3 Å². The smallest absolute Gasteiger partial charge is 0.251 e. The number of ether oxygens (including phenoxy) is 1. The number of hydrogen-bond donors (Lipinski definition) is 1. The lowest BCUT2D eigenvalue weighted by Gasteiger charge is -2.47. The van der Waals surface area contributed by atoms with Crippen LogP contribution < -0.4 is 4.90 Å². The lowest BCUT2D eigenvalue weighted by molar-refractivity contribution is -0.144. The summed E-state index contributed by atoms with van der Waals surface area (Å²) in [6.45, 7) is 13.2. The van der Waals surface area contributed by atoms with E-state index in [1.807, 2.05) is 18.2 Å². The van der Waals surface area contributed by atoms with Gasteiger partial charge in [0.25, 0.3) is 5.91 Å². The van der Waals surface area contributed by atoms with Gasteiger partial charge in [0.05, 0.1) is 30.8 Å². The fraction of sp³-hybridized carbons (Fsp3) is 0.536. The minimum Gasteiger partial charge on any atom is -0.384 e. The number of imidazole rings is 1. The number of hydrogen-bond acceptors (Lipinski definition) is 10. The number of nitrogens with zero attached hydrogens (tertiary/aromatic N) is 8. The third-order valence-corrected chi connectivity index (χ3v) is 8.73. The average molecular weight is 565 g/mol. The number of amides is 1. The second-order valence-electron chi connectivity index (χ2n) is 11.1. The summed E-state index contributed by atoms with van der Waals surface area (Å²) < 4.78 is 7.70. The van der Waals surface area contributed by atoms with E-state index in [4.69, 9.17) is 24.7 Å². The first-order valence-corrected chi connectivity index (χ1v) is 14.8. The molecule has 212 valence electrons. The van der Waals surface area contributed by atoms with Crippen molar-refractivity contribution >= 4 is 44.4 Å². The molecular weight excluding hydrogens is 528 g/mol. The number of piperazine rings is 1. The van der Waals surface area contributed by atoms with Gasteiger partial charge in [-0.15, -0.1) is 0 Å². The zero-order valence-corrected chi connectivity index (χ0v) is 24.3. The van der Waals surface area contributed by atoms with Gasteiger partial charge in [0.2, 0.25) is 5.95 Å². The zero-order chi connectivity index (χ0) is 28.0. The van der Waals surface area contributed by atoms with Gasteiger partial charge in [0.15, 0.2) is 10.6 Å². The molecule has 0 radical (unpaired) electrons. The number of aliphatic hydroxyl groups excluding tert-OH is 1. The van der Waals surface area contributed by atoms with E-state index in [2.05, 4.69) is 41.2 Å². The van der Waals surface area contributed by atoms with E-state index in [1.54, 1.807) is 16.2 Å². The maximum Gasteiger partial charge on any atom is 0.251 e. The third-order valence-electron chi connectivity index (χ3n) is 7.80. The predicted octanol–water partition coefficient (Wildman–Crippen LogP) is 2.63. The Bertz CT molecular complexity index is 1540. The molecule has 1 unspecified atom stereocenters. The van der Waals surface area contributed by atoms with Crippen molar-refractivity contribution in [2.75, 3.05) is 50.8 Å². The summed E-state index contributed by atoms with van der Waals surface area (Å²) in [6.07, 6.45) is -0.228. The van der Waals surface area contributed by atoms with Gasteiger partial charge in [-0.2, -0.15) is 9.97 Å². The quantitative estimate of drug-likeness (QED) is 0.378. The molecule has 6 rings (SSSR count). The minimum atomic E-state index is -0.987. The number of carbonyl (C=O) groups is 1. The number of aliphatic hydroxyl groups is 1. The number of carbonyl (C=O) groups excluding carboxylic acids is 1. The van der Waals surface area contributed by atoms with E-state index < -0.39 is 6.10 Å². The van der Waals surface area contributed by atoms with E-state index in [0.717, 1.165) is 57.5 Å². The molecule has 1 N–H and O–H groups in total. The van der Waals surface area contributed by atoms with Gasteiger partial charge in [-0.3, -0.25) is 14.3 Å². The number of fused-ring (bicyclic) bond motifs is 2. The standard InChI is InChI=1S/C28H36N8O3S/c1-5-21-29-19-8-6-7-9-20(19)36(21)27-31-24(33-12-14-39-15-13-33)23-25(32-27)40-22(30-23)16-35-11-10-34(17-28(35,3)4)26(38)18(2)37/h6-9,18,37H,5,10-17H2,1-4H3. The molecule has 0 aliphatic carbocycles. The highest BCUT2D eigenvalue weighted by atomic mass is 32.1. The maximum atomic E-state index is 12.4. The largest absolute Gasteiger partial charge is 0.384 e. The van der Waals surface area contributed by atoms with Crippen LogP contribution in [0, 0.1) is 0 Å². The van der Waals surface area contributed by atoms with Crippen LogP contribution in [-0.2, 0) is 22.5 Å². The Labute approximate surface area is 237 Å². The van der Waals surface area contributed by atoms with Gasteiger partial charge in [0, 0.05) is 44.7 Å². The van der Waals surface area contributed by atoms with Gasteiger partial charge >= 0.3 is 0 Å². The fourth-order valence-electron chi connectivity index (χ4n) is 5.64. The van der Waals surface area contributed by atoms with Crippen LogP contribution in [0.1, 0.15) is 38.5 Å². The van der Waals surface area contributed by atoms with Crippen LogP contribution in [-0.4, -0.2) is 103 Å². The molecule has 5 heterocycles. The molecule has 2 saturated heterocycles. The average Bonchev–Trinajstić information content (AvgIpc) is 3.54. The van der Waals surface area contributed by atoms with E-state index >= 15 is 0 Å². The molecule has 2 fully saturated rings. The van der Waals surface area contributed by atoms with Crippen LogP contribution in [0.3, 0.4) is 0 Å². The Morgan fingerprint density at radius 3 is 2.60 bits per heavy atom. The van der Waals surface area contributed by atoms with Crippen molar-refractivity contribution < 1.29 is 14.6 Å². The number of aromatic nitrogens is 5. The molecule has 0 saturated carbocycles. The second-order valence-corrected chi connectivity index (χ2v) is 12.1. The molecule has 1 amide bonds. The lowest BCUT2D eigenvalue weighted by atomic mass is 9.98. The number of anilines is 1. The maximum absolute atomic E-state index is 12.4. The van der Waals surface area contributed by atoms with Gasteiger partial charge < -0.3 is 19.6 Å². The summed E-state index contributed by atoms with van der Waals surface area (Å²) >= 11 is 1.60. The van der Waals surface area contributed by atoms with Crippen molar-refractivity contribution in [3.05, 3.63) is 35.1 Å². The van der Waals surface area contributed by atoms with Crippen LogP contribution >= 0.6 is 11.3 Å². The summed E-state index contributed by atoms with van der Waals surface area (Å²) in [5.74, 6) is 2.14. The third kappa shape index (κ3) is 4.93. The van der Waals surface area contributed by atoms with Crippen LogP contribution in [0.15, 0.2) is 24.3 Å². The normalized spacial score (nSPS) is 19.0. The molecule has 40 heavy (non-hydrogen) atoms. The van der Waals surface area contributed by atoms with Crippen LogP contribution in [0.2, 0.25) is 0 Å². The van der Waals surface area contributed by atoms with Crippen molar-refractivity contribution in [2.24, 2.45) is 0 Å².